The van der Waals surface area contributed by atoms with E-state index in [0.29, 0.717) is 12.5 Å². The van der Waals surface area contributed by atoms with Gasteiger partial charge in [0.05, 0.1) is 6.54 Å². The van der Waals surface area contributed by atoms with Gasteiger partial charge in [-0.3, -0.25) is 4.79 Å². The van der Waals surface area contributed by atoms with Crippen molar-refractivity contribution in [1.29, 1.82) is 0 Å². The molecule has 1 unspecified atom stereocenters. The number of hydrogen-bond donors (Lipinski definition) is 2. The summed E-state index contributed by atoms with van der Waals surface area (Å²) in [6.07, 6.45) is 0. The van der Waals surface area contributed by atoms with Gasteiger partial charge in [0.1, 0.15) is 0 Å². The minimum Gasteiger partial charge on any atom is -0.350 e. The molecule has 0 spiro atoms. The Labute approximate surface area is 100 Å². The van der Waals surface area contributed by atoms with Gasteiger partial charge in [0.2, 0.25) is 5.91 Å². The zero-order valence-corrected chi connectivity index (χ0v) is 11.9. The summed E-state index contributed by atoms with van der Waals surface area (Å²) in [6, 6.07) is 0. The first-order valence-corrected chi connectivity index (χ1v) is 6.04. The van der Waals surface area contributed by atoms with Crippen LogP contribution >= 0.6 is 0 Å². The van der Waals surface area contributed by atoms with Crippen LogP contribution < -0.4 is 10.6 Å². The van der Waals surface area contributed by atoms with Crippen LogP contribution in [0.15, 0.2) is 0 Å². The number of rotatable bonds is 4. The summed E-state index contributed by atoms with van der Waals surface area (Å²) < 4.78 is 0. The Morgan fingerprint density at radius 2 is 1.62 bits per heavy atom. The molecule has 0 aromatic heterocycles. The third-order valence-electron chi connectivity index (χ3n) is 2.73. The molecule has 0 rings (SSSR count). The quantitative estimate of drug-likeness (QED) is 0.774. The first-order valence-electron chi connectivity index (χ1n) is 6.04. The van der Waals surface area contributed by atoms with Crippen LogP contribution in [0, 0.1) is 11.3 Å². The average Bonchev–Trinajstić information content (AvgIpc) is 1.98. The van der Waals surface area contributed by atoms with E-state index in [-0.39, 0.29) is 16.9 Å². The highest BCUT2D eigenvalue weighted by Gasteiger charge is 2.20. The molecule has 0 aromatic rings. The third-order valence-corrected chi connectivity index (χ3v) is 2.73. The fourth-order valence-electron chi connectivity index (χ4n) is 1.17. The molecule has 3 heteroatoms. The third kappa shape index (κ3) is 7.69. The van der Waals surface area contributed by atoms with Gasteiger partial charge in [-0.1, -0.05) is 27.7 Å². The Morgan fingerprint density at radius 1 is 1.12 bits per heavy atom. The van der Waals surface area contributed by atoms with Crippen LogP contribution in [0.3, 0.4) is 0 Å². The summed E-state index contributed by atoms with van der Waals surface area (Å²) in [6.45, 7) is 16.1. The monoisotopic (exact) mass is 228 g/mol. The first kappa shape index (κ1) is 15.4. The van der Waals surface area contributed by atoms with E-state index in [1.807, 2.05) is 20.8 Å². The van der Waals surface area contributed by atoms with Crippen molar-refractivity contribution < 1.29 is 4.79 Å². The van der Waals surface area contributed by atoms with Gasteiger partial charge < -0.3 is 10.6 Å². The molecule has 0 saturated heterocycles. The molecular weight excluding hydrogens is 200 g/mol. The SMILES string of the molecule is CC(CNCC(=O)NC(C)(C)C)C(C)(C)C. The van der Waals surface area contributed by atoms with Crippen LogP contribution in [0.2, 0.25) is 0 Å². The maximum atomic E-state index is 11.5. The predicted molar refractivity (Wildman–Crippen MR) is 69.4 cm³/mol. The number of hydrogen-bond acceptors (Lipinski definition) is 2. The van der Waals surface area contributed by atoms with E-state index in [9.17, 15) is 4.79 Å². The van der Waals surface area contributed by atoms with Gasteiger partial charge in [0.25, 0.3) is 0 Å². The second-order valence-corrected chi connectivity index (χ2v) is 6.70. The molecule has 1 atom stereocenters. The molecule has 96 valence electrons. The molecular formula is C13H28N2O. The molecule has 1 amide bonds. The van der Waals surface area contributed by atoms with E-state index >= 15 is 0 Å². The topological polar surface area (TPSA) is 41.1 Å². The van der Waals surface area contributed by atoms with Crippen LogP contribution in [0.5, 0.6) is 0 Å². The lowest BCUT2D eigenvalue weighted by atomic mass is 9.82. The number of nitrogens with one attached hydrogen (secondary N) is 2. The highest BCUT2D eigenvalue weighted by atomic mass is 16.2. The van der Waals surface area contributed by atoms with Crippen molar-refractivity contribution in [1.82, 2.24) is 10.6 Å². The average molecular weight is 228 g/mol. The molecule has 0 aromatic carbocycles. The molecule has 3 nitrogen and oxygen atoms in total. The van der Waals surface area contributed by atoms with Gasteiger partial charge in [0, 0.05) is 5.54 Å². The molecule has 0 bridgehead atoms. The van der Waals surface area contributed by atoms with E-state index in [4.69, 9.17) is 0 Å². The second-order valence-electron chi connectivity index (χ2n) is 6.70. The summed E-state index contributed by atoms with van der Waals surface area (Å²) in [5.74, 6) is 0.614. The van der Waals surface area contributed by atoms with Crippen molar-refractivity contribution in [2.24, 2.45) is 11.3 Å². The van der Waals surface area contributed by atoms with Crippen molar-refractivity contribution in [2.45, 2.75) is 54.0 Å². The molecule has 0 fully saturated rings. The molecule has 16 heavy (non-hydrogen) atoms. The van der Waals surface area contributed by atoms with Crippen LogP contribution in [0.25, 0.3) is 0 Å². The number of carbonyl (C=O) groups is 1. The molecule has 0 aliphatic rings. The van der Waals surface area contributed by atoms with E-state index < -0.39 is 0 Å². The lowest BCUT2D eigenvalue weighted by Crippen LogP contribution is -2.45. The molecule has 2 N–H and O–H groups in total. The minimum atomic E-state index is -0.144. The molecule has 0 heterocycles. The predicted octanol–water partition coefficient (Wildman–Crippen LogP) is 2.17. The van der Waals surface area contributed by atoms with Crippen molar-refractivity contribution >= 4 is 5.91 Å². The fraction of sp³-hybridized carbons (Fsp3) is 0.923. The van der Waals surface area contributed by atoms with E-state index in [2.05, 4.69) is 38.3 Å². The second kappa shape index (κ2) is 5.67. The summed E-state index contributed by atoms with van der Waals surface area (Å²) in [4.78, 5) is 11.5. The van der Waals surface area contributed by atoms with Crippen LogP contribution in [-0.2, 0) is 4.79 Å². The number of amides is 1. The Hall–Kier alpha value is -0.570. The molecule has 0 saturated carbocycles. The largest absolute Gasteiger partial charge is 0.350 e. The van der Waals surface area contributed by atoms with E-state index in [1.54, 1.807) is 0 Å². The summed E-state index contributed by atoms with van der Waals surface area (Å²) in [7, 11) is 0. The standard InChI is InChI=1S/C13H28N2O/c1-10(12(2,3)4)8-14-9-11(16)15-13(5,6)7/h10,14H,8-9H2,1-7H3,(H,15,16). The van der Waals surface area contributed by atoms with Crippen LogP contribution in [-0.4, -0.2) is 24.5 Å². The Bertz CT molecular complexity index is 223. The van der Waals surface area contributed by atoms with Crippen molar-refractivity contribution in [3.8, 4) is 0 Å². The fourth-order valence-corrected chi connectivity index (χ4v) is 1.17. The lowest BCUT2D eigenvalue weighted by molar-refractivity contribution is -0.121. The Balaban J connectivity index is 3.79. The van der Waals surface area contributed by atoms with Crippen molar-refractivity contribution in [3.05, 3.63) is 0 Å². The van der Waals surface area contributed by atoms with Crippen LogP contribution in [0.1, 0.15) is 48.5 Å². The highest BCUT2D eigenvalue weighted by Crippen LogP contribution is 2.24. The molecule has 0 aliphatic carbocycles. The maximum absolute atomic E-state index is 11.5. The van der Waals surface area contributed by atoms with Gasteiger partial charge in [-0.2, -0.15) is 0 Å². The minimum absolute atomic E-state index is 0.0635. The van der Waals surface area contributed by atoms with Crippen molar-refractivity contribution in [2.75, 3.05) is 13.1 Å². The Morgan fingerprint density at radius 3 is 2.00 bits per heavy atom. The van der Waals surface area contributed by atoms with Gasteiger partial charge in [-0.05, 0) is 38.6 Å². The smallest absolute Gasteiger partial charge is 0.234 e. The molecule has 0 radical (unpaired) electrons. The zero-order valence-electron chi connectivity index (χ0n) is 11.9. The first-order chi connectivity index (χ1) is 7.02. The van der Waals surface area contributed by atoms with Gasteiger partial charge in [-0.15, -0.1) is 0 Å². The highest BCUT2D eigenvalue weighted by molar-refractivity contribution is 5.78. The normalized spacial score (nSPS) is 14.7. The zero-order chi connectivity index (χ0) is 13.0. The summed E-state index contributed by atoms with van der Waals surface area (Å²) in [5.41, 5.74) is 0.141. The van der Waals surface area contributed by atoms with Gasteiger partial charge in [0.15, 0.2) is 0 Å². The van der Waals surface area contributed by atoms with Crippen molar-refractivity contribution in [3.63, 3.8) is 0 Å². The van der Waals surface area contributed by atoms with Gasteiger partial charge >= 0.3 is 0 Å². The van der Waals surface area contributed by atoms with E-state index in [0.717, 1.165) is 6.54 Å². The lowest BCUT2D eigenvalue weighted by Gasteiger charge is -2.27. The summed E-state index contributed by atoms with van der Waals surface area (Å²) >= 11 is 0. The van der Waals surface area contributed by atoms with Crippen LogP contribution in [0.4, 0.5) is 0 Å². The summed E-state index contributed by atoms with van der Waals surface area (Å²) in [5, 5.41) is 6.13. The Kier molecular flexibility index (Phi) is 5.47. The number of carbonyl (C=O) groups excluding carboxylic acids is 1. The van der Waals surface area contributed by atoms with Gasteiger partial charge in [-0.25, -0.2) is 0 Å². The molecule has 0 aliphatic heterocycles. The van der Waals surface area contributed by atoms with E-state index in [1.165, 1.54) is 0 Å². The maximum Gasteiger partial charge on any atom is 0.234 e.